The molecule has 1 aromatic carbocycles. The van der Waals surface area contributed by atoms with Crippen molar-refractivity contribution in [3.8, 4) is 11.3 Å². The van der Waals surface area contributed by atoms with Gasteiger partial charge in [-0.1, -0.05) is 18.6 Å². The molecule has 256 valence electrons. The van der Waals surface area contributed by atoms with E-state index in [4.69, 9.17) is 14.7 Å². The number of piperidine rings is 2. The molecule has 1 aliphatic carbocycles. The lowest BCUT2D eigenvalue weighted by atomic mass is 9.73. The Morgan fingerprint density at radius 1 is 1.04 bits per heavy atom. The molecule has 2 saturated heterocycles. The van der Waals surface area contributed by atoms with Gasteiger partial charge in [-0.15, -0.1) is 0 Å². The monoisotopic (exact) mass is 666 g/mol. The number of ether oxygens (including phenoxy) is 1. The van der Waals surface area contributed by atoms with Gasteiger partial charge >= 0.3 is 6.09 Å². The number of benzene rings is 1. The first kappa shape index (κ1) is 31.7. The second-order valence-corrected chi connectivity index (χ2v) is 14.3. The van der Waals surface area contributed by atoms with E-state index < -0.39 is 11.2 Å². The molecule has 4 aliphatic rings. The largest absolute Gasteiger partial charge is 0.453 e. The van der Waals surface area contributed by atoms with E-state index in [2.05, 4.69) is 46.1 Å². The summed E-state index contributed by atoms with van der Waals surface area (Å²) in [5.41, 5.74) is 4.59. The maximum absolute atomic E-state index is 14.8. The third-order valence-corrected chi connectivity index (χ3v) is 11.2. The summed E-state index contributed by atoms with van der Waals surface area (Å²) in [5.74, 6) is 0.158. The molecule has 12 heteroatoms. The molecule has 0 atom stereocenters. The molecule has 1 spiro atoms. The van der Waals surface area contributed by atoms with E-state index in [1.54, 1.807) is 23.5 Å². The van der Waals surface area contributed by atoms with E-state index in [-0.39, 0.29) is 29.8 Å². The molecule has 6 heterocycles. The van der Waals surface area contributed by atoms with Crippen molar-refractivity contribution in [2.24, 2.45) is 0 Å². The maximum atomic E-state index is 14.8. The second kappa shape index (κ2) is 12.4. The number of fused-ring (bicyclic) bond motifs is 3. The number of nitrogens with one attached hydrogen (secondary N) is 1. The van der Waals surface area contributed by atoms with Gasteiger partial charge in [0.2, 0.25) is 5.91 Å². The van der Waals surface area contributed by atoms with Gasteiger partial charge in [-0.3, -0.25) is 9.78 Å². The maximum Gasteiger partial charge on any atom is 0.409 e. The fourth-order valence-corrected chi connectivity index (χ4v) is 8.44. The number of imidazole rings is 1. The SMILES string of the molecule is COC(=O)N1CCC2(CC1)C(=O)N([C@H]1C[C@@H](N3CCCCC3)C1)c1cc(-c3cc4ncn(C(C)C)c4c(Nc4ccncc4F)n3)ccc12. The van der Waals surface area contributed by atoms with Crippen LogP contribution in [0.15, 0.2) is 49.1 Å². The van der Waals surface area contributed by atoms with E-state index in [1.807, 2.05) is 16.7 Å². The minimum Gasteiger partial charge on any atom is -0.453 e. The summed E-state index contributed by atoms with van der Waals surface area (Å²) in [5, 5.41) is 3.21. The molecule has 3 fully saturated rings. The third kappa shape index (κ3) is 5.31. The zero-order valence-corrected chi connectivity index (χ0v) is 28.4. The molecule has 4 aromatic rings. The van der Waals surface area contributed by atoms with Crippen LogP contribution in [0.25, 0.3) is 22.3 Å². The van der Waals surface area contributed by atoms with E-state index in [0.717, 1.165) is 53.8 Å². The molecule has 3 aliphatic heterocycles. The van der Waals surface area contributed by atoms with Crippen molar-refractivity contribution in [1.29, 1.82) is 0 Å². The number of methoxy groups -OCH3 is 1. The van der Waals surface area contributed by atoms with Crippen LogP contribution in [0.3, 0.4) is 0 Å². The average Bonchev–Trinajstić information content (AvgIpc) is 3.63. The number of carbonyl (C=O) groups excluding carboxylic acids is 2. The van der Waals surface area contributed by atoms with E-state index in [0.29, 0.717) is 43.5 Å². The minimum atomic E-state index is -0.687. The molecule has 0 radical (unpaired) electrons. The lowest BCUT2D eigenvalue weighted by Crippen LogP contribution is -2.58. The van der Waals surface area contributed by atoms with Crippen molar-refractivity contribution in [1.82, 2.24) is 29.3 Å². The Morgan fingerprint density at radius 2 is 1.82 bits per heavy atom. The molecule has 11 nitrogen and oxygen atoms in total. The van der Waals surface area contributed by atoms with Gasteiger partial charge in [-0.25, -0.2) is 19.2 Å². The lowest BCUT2D eigenvalue weighted by molar-refractivity contribution is -0.126. The standard InChI is InChI=1S/C37H43FN8O3/c1-23(2)45-22-40-31-20-30(42-34(33(31)45)41-29-9-12-39-21-28(29)38)24-7-8-27-32(17-24)46(26-18-25(19-26)43-13-5-4-6-14-43)35(47)37(27)10-15-44(16-11-37)36(48)49-3/h7-9,12,17,20-23,25-26H,4-6,10-11,13-16,18-19H2,1-3H3,(H,39,41,42)/t25-,26+. The van der Waals surface area contributed by atoms with E-state index >= 15 is 0 Å². The number of rotatable bonds is 6. The van der Waals surface area contributed by atoms with E-state index in [9.17, 15) is 14.0 Å². The van der Waals surface area contributed by atoms with Crippen LogP contribution in [0.5, 0.6) is 0 Å². The molecule has 49 heavy (non-hydrogen) atoms. The molecule has 1 saturated carbocycles. The predicted octanol–water partition coefficient (Wildman–Crippen LogP) is 6.42. The van der Waals surface area contributed by atoms with Gasteiger partial charge in [-0.05, 0) is 89.2 Å². The molecule has 1 N–H and O–H groups in total. The molecule has 3 aromatic heterocycles. The third-order valence-electron chi connectivity index (χ3n) is 11.2. The summed E-state index contributed by atoms with van der Waals surface area (Å²) in [4.78, 5) is 47.1. The molecule has 0 bridgehead atoms. The number of likely N-dealkylation sites (tertiary alicyclic amines) is 2. The summed E-state index contributed by atoms with van der Waals surface area (Å²) in [6.07, 6.45) is 11.0. The number of anilines is 3. The van der Waals surface area contributed by atoms with Gasteiger partial charge in [0, 0.05) is 48.7 Å². The number of amides is 2. The molecular formula is C37H43FN8O3. The number of aromatic nitrogens is 4. The lowest BCUT2D eigenvalue weighted by Gasteiger charge is -2.48. The number of hydrogen-bond donors (Lipinski definition) is 1. The zero-order chi connectivity index (χ0) is 33.9. The highest BCUT2D eigenvalue weighted by Gasteiger charge is 2.56. The molecule has 0 unspecified atom stereocenters. The Labute approximate surface area is 285 Å². The average molecular weight is 667 g/mol. The van der Waals surface area contributed by atoms with Gasteiger partial charge in [0.1, 0.15) is 5.52 Å². The molecular weight excluding hydrogens is 623 g/mol. The van der Waals surface area contributed by atoms with Crippen molar-refractivity contribution in [3.63, 3.8) is 0 Å². The Morgan fingerprint density at radius 3 is 2.53 bits per heavy atom. The highest BCUT2D eigenvalue weighted by Crippen LogP contribution is 2.52. The van der Waals surface area contributed by atoms with Crippen molar-refractivity contribution in [2.75, 3.05) is 43.5 Å². The number of carbonyl (C=O) groups is 2. The number of nitrogens with zero attached hydrogens (tertiary/aromatic N) is 7. The topological polar surface area (TPSA) is 109 Å². The fourth-order valence-electron chi connectivity index (χ4n) is 8.44. The van der Waals surface area contributed by atoms with Crippen LogP contribution in [0.2, 0.25) is 0 Å². The zero-order valence-electron chi connectivity index (χ0n) is 28.4. The van der Waals surface area contributed by atoms with Crippen molar-refractivity contribution in [3.05, 3.63) is 60.4 Å². The first-order valence-electron chi connectivity index (χ1n) is 17.6. The summed E-state index contributed by atoms with van der Waals surface area (Å²) >= 11 is 0. The van der Waals surface area contributed by atoms with Crippen LogP contribution in [-0.2, 0) is 14.9 Å². The van der Waals surface area contributed by atoms with Gasteiger partial charge in [0.05, 0.1) is 41.9 Å². The first-order chi connectivity index (χ1) is 23.8. The summed E-state index contributed by atoms with van der Waals surface area (Å²) in [6, 6.07) is 10.5. The Kier molecular flexibility index (Phi) is 8.01. The van der Waals surface area contributed by atoms with Crippen LogP contribution in [-0.4, -0.2) is 86.7 Å². The fraction of sp³-hybridized carbons (Fsp3) is 0.486. The van der Waals surface area contributed by atoms with Gasteiger partial charge < -0.3 is 29.3 Å². The smallest absolute Gasteiger partial charge is 0.409 e. The van der Waals surface area contributed by atoms with E-state index in [1.165, 1.54) is 32.6 Å². The summed E-state index contributed by atoms with van der Waals surface area (Å²) < 4.78 is 21.8. The number of halogens is 1. The van der Waals surface area contributed by atoms with Crippen LogP contribution in [0.4, 0.5) is 26.4 Å². The van der Waals surface area contributed by atoms with Crippen LogP contribution in [0.1, 0.15) is 70.4 Å². The van der Waals surface area contributed by atoms with Crippen LogP contribution in [0, 0.1) is 5.82 Å². The number of hydrogen-bond acceptors (Lipinski definition) is 8. The van der Waals surface area contributed by atoms with Crippen molar-refractivity contribution >= 4 is 40.2 Å². The molecule has 8 rings (SSSR count). The van der Waals surface area contributed by atoms with Gasteiger partial charge in [-0.2, -0.15) is 0 Å². The Hall–Kier alpha value is -4.58. The number of pyridine rings is 2. The minimum absolute atomic E-state index is 0.109. The highest BCUT2D eigenvalue weighted by molar-refractivity contribution is 6.09. The van der Waals surface area contributed by atoms with Gasteiger partial charge in [0.15, 0.2) is 11.6 Å². The summed E-state index contributed by atoms with van der Waals surface area (Å²) in [6.45, 7) is 7.34. The van der Waals surface area contributed by atoms with Crippen molar-refractivity contribution in [2.45, 2.75) is 82.3 Å². The van der Waals surface area contributed by atoms with Crippen molar-refractivity contribution < 1.29 is 18.7 Å². The second-order valence-electron chi connectivity index (χ2n) is 14.3. The van der Waals surface area contributed by atoms with Crippen LogP contribution < -0.4 is 10.2 Å². The first-order valence-corrected chi connectivity index (χ1v) is 17.6. The predicted molar refractivity (Wildman–Crippen MR) is 185 cm³/mol. The van der Waals surface area contributed by atoms with Crippen LogP contribution >= 0.6 is 0 Å². The molecule has 2 amide bonds. The quantitative estimate of drug-likeness (QED) is 0.251. The Balaban J connectivity index is 1.19. The van der Waals surface area contributed by atoms with Gasteiger partial charge in [0.25, 0.3) is 0 Å². The Bertz CT molecular complexity index is 1910. The summed E-state index contributed by atoms with van der Waals surface area (Å²) in [7, 11) is 1.40. The highest BCUT2D eigenvalue weighted by atomic mass is 19.1. The normalized spacial score (nSPS) is 22.1.